The number of anilines is 2. The Labute approximate surface area is 132 Å². The predicted molar refractivity (Wildman–Crippen MR) is 87.2 cm³/mol. The SMILES string of the molecule is Cc1ccc(N2CCCC2=O)c(NCc2cnc(Cl)s2)c1. The van der Waals surface area contributed by atoms with Crippen LogP contribution < -0.4 is 10.2 Å². The van der Waals surface area contributed by atoms with Crippen molar-refractivity contribution in [2.24, 2.45) is 0 Å². The van der Waals surface area contributed by atoms with Gasteiger partial charge in [-0.2, -0.15) is 0 Å². The third-order valence-corrected chi connectivity index (χ3v) is 4.61. The standard InChI is InChI=1S/C15H16ClN3OS/c1-10-4-5-13(19-6-2-3-14(19)20)12(7-10)17-8-11-9-18-15(16)21-11/h4-5,7,9,17H,2-3,6,8H2,1H3. The average molecular weight is 322 g/mol. The van der Waals surface area contributed by atoms with E-state index in [4.69, 9.17) is 11.6 Å². The van der Waals surface area contributed by atoms with Gasteiger partial charge in [0.05, 0.1) is 17.9 Å². The van der Waals surface area contributed by atoms with E-state index in [1.165, 1.54) is 11.3 Å². The minimum absolute atomic E-state index is 0.197. The van der Waals surface area contributed by atoms with Crippen molar-refractivity contribution in [2.75, 3.05) is 16.8 Å². The molecule has 1 aliphatic rings. The van der Waals surface area contributed by atoms with E-state index in [0.717, 1.165) is 34.8 Å². The quantitative estimate of drug-likeness (QED) is 0.930. The van der Waals surface area contributed by atoms with Gasteiger partial charge in [0, 0.05) is 24.0 Å². The van der Waals surface area contributed by atoms with Crippen molar-refractivity contribution in [1.29, 1.82) is 0 Å². The van der Waals surface area contributed by atoms with Gasteiger partial charge in [-0.3, -0.25) is 4.79 Å². The topological polar surface area (TPSA) is 45.2 Å². The molecule has 0 atom stereocenters. The van der Waals surface area contributed by atoms with Gasteiger partial charge in [-0.25, -0.2) is 4.98 Å². The molecule has 1 aromatic heterocycles. The minimum Gasteiger partial charge on any atom is -0.378 e. The molecule has 0 radical (unpaired) electrons. The maximum Gasteiger partial charge on any atom is 0.227 e. The van der Waals surface area contributed by atoms with Crippen LogP contribution in [0.1, 0.15) is 23.3 Å². The lowest BCUT2D eigenvalue weighted by molar-refractivity contribution is -0.117. The Bertz CT molecular complexity index is 671. The van der Waals surface area contributed by atoms with Gasteiger partial charge in [-0.15, -0.1) is 11.3 Å². The molecule has 1 aliphatic heterocycles. The molecule has 0 unspecified atom stereocenters. The molecule has 1 aromatic carbocycles. The Kier molecular flexibility index (Phi) is 4.12. The van der Waals surface area contributed by atoms with Crippen LogP contribution in [0, 0.1) is 6.92 Å². The molecule has 4 nitrogen and oxygen atoms in total. The number of thiazole rings is 1. The second kappa shape index (κ2) is 6.03. The fraction of sp³-hybridized carbons (Fsp3) is 0.333. The molecule has 0 bridgehead atoms. The molecule has 0 spiro atoms. The highest BCUT2D eigenvalue weighted by molar-refractivity contribution is 7.15. The number of amides is 1. The van der Waals surface area contributed by atoms with Crippen molar-refractivity contribution in [1.82, 2.24) is 4.98 Å². The van der Waals surface area contributed by atoms with Crippen LogP contribution in [0.25, 0.3) is 0 Å². The van der Waals surface area contributed by atoms with E-state index in [9.17, 15) is 4.79 Å². The second-order valence-corrected chi connectivity index (χ2v) is 6.80. The Morgan fingerprint density at radius 2 is 2.33 bits per heavy atom. The lowest BCUT2D eigenvalue weighted by Gasteiger charge is -2.21. The Morgan fingerprint density at radius 1 is 1.48 bits per heavy atom. The molecule has 2 heterocycles. The number of hydrogen-bond acceptors (Lipinski definition) is 4. The summed E-state index contributed by atoms with van der Waals surface area (Å²) in [5.41, 5.74) is 3.10. The van der Waals surface area contributed by atoms with Crippen LogP contribution in [-0.4, -0.2) is 17.4 Å². The van der Waals surface area contributed by atoms with Crippen LogP contribution in [0.5, 0.6) is 0 Å². The molecule has 3 rings (SSSR count). The van der Waals surface area contributed by atoms with Gasteiger partial charge in [0.15, 0.2) is 4.47 Å². The number of nitrogens with zero attached hydrogens (tertiary/aromatic N) is 2. The zero-order valence-electron chi connectivity index (χ0n) is 11.7. The summed E-state index contributed by atoms with van der Waals surface area (Å²) in [5.74, 6) is 0.197. The molecule has 2 aromatic rings. The summed E-state index contributed by atoms with van der Waals surface area (Å²) in [6.07, 6.45) is 3.34. The van der Waals surface area contributed by atoms with Gasteiger partial charge in [0.1, 0.15) is 0 Å². The normalized spacial score (nSPS) is 14.8. The smallest absolute Gasteiger partial charge is 0.227 e. The number of carbonyl (C=O) groups is 1. The molecule has 1 N–H and O–H groups in total. The second-order valence-electron chi connectivity index (χ2n) is 5.10. The Morgan fingerprint density at radius 3 is 3.00 bits per heavy atom. The fourth-order valence-corrected chi connectivity index (χ4v) is 3.39. The van der Waals surface area contributed by atoms with Gasteiger partial charge < -0.3 is 10.2 Å². The minimum atomic E-state index is 0.197. The highest BCUT2D eigenvalue weighted by Crippen LogP contribution is 2.31. The van der Waals surface area contributed by atoms with Gasteiger partial charge in [0.2, 0.25) is 5.91 Å². The third kappa shape index (κ3) is 3.19. The number of rotatable bonds is 4. The summed E-state index contributed by atoms with van der Waals surface area (Å²) in [5, 5.41) is 3.40. The van der Waals surface area contributed by atoms with Crippen molar-refractivity contribution < 1.29 is 4.79 Å². The van der Waals surface area contributed by atoms with E-state index in [2.05, 4.69) is 16.4 Å². The zero-order chi connectivity index (χ0) is 14.8. The van der Waals surface area contributed by atoms with Crippen molar-refractivity contribution in [3.05, 3.63) is 39.3 Å². The number of nitrogens with one attached hydrogen (secondary N) is 1. The summed E-state index contributed by atoms with van der Waals surface area (Å²) in [6, 6.07) is 6.12. The summed E-state index contributed by atoms with van der Waals surface area (Å²) in [4.78, 5) is 18.9. The Hall–Kier alpha value is -1.59. The highest BCUT2D eigenvalue weighted by atomic mass is 35.5. The first-order valence-electron chi connectivity index (χ1n) is 6.88. The first kappa shape index (κ1) is 14.4. The molecular formula is C15H16ClN3OS. The van der Waals surface area contributed by atoms with Gasteiger partial charge in [-0.1, -0.05) is 17.7 Å². The molecule has 21 heavy (non-hydrogen) atoms. The fourth-order valence-electron chi connectivity index (χ4n) is 2.48. The number of benzene rings is 1. The number of carbonyl (C=O) groups excluding carboxylic acids is 1. The molecular weight excluding hydrogens is 306 g/mol. The number of aryl methyl sites for hydroxylation is 1. The molecule has 0 saturated carbocycles. The predicted octanol–water partition coefficient (Wildman–Crippen LogP) is 3.84. The summed E-state index contributed by atoms with van der Waals surface area (Å²) >= 11 is 7.31. The average Bonchev–Trinajstić information content (AvgIpc) is 3.05. The first-order chi connectivity index (χ1) is 10.1. The molecule has 6 heteroatoms. The van der Waals surface area contributed by atoms with E-state index in [1.54, 1.807) is 6.20 Å². The molecule has 1 saturated heterocycles. The lowest BCUT2D eigenvalue weighted by Crippen LogP contribution is -2.24. The van der Waals surface area contributed by atoms with Crippen LogP contribution >= 0.6 is 22.9 Å². The maximum atomic E-state index is 12.0. The van der Waals surface area contributed by atoms with Crippen LogP contribution in [0.3, 0.4) is 0 Å². The highest BCUT2D eigenvalue weighted by Gasteiger charge is 2.23. The number of halogens is 1. The van der Waals surface area contributed by atoms with E-state index in [0.29, 0.717) is 17.4 Å². The zero-order valence-corrected chi connectivity index (χ0v) is 13.3. The van der Waals surface area contributed by atoms with Crippen molar-refractivity contribution in [3.63, 3.8) is 0 Å². The monoisotopic (exact) mass is 321 g/mol. The summed E-state index contributed by atoms with van der Waals surface area (Å²) in [6.45, 7) is 3.50. The van der Waals surface area contributed by atoms with Crippen LogP contribution in [0.15, 0.2) is 24.4 Å². The van der Waals surface area contributed by atoms with Gasteiger partial charge in [-0.05, 0) is 31.0 Å². The van der Waals surface area contributed by atoms with Crippen LogP contribution in [-0.2, 0) is 11.3 Å². The van der Waals surface area contributed by atoms with Crippen molar-refractivity contribution in [2.45, 2.75) is 26.3 Å². The molecule has 1 fully saturated rings. The van der Waals surface area contributed by atoms with Crippen LogP contribution in [0.4, 0.5) is 11.4 Å². The molecule has 1 amide bonds. The Balaban J connectivity index is 1.82. The van der Waals surface area contributed by atoms with E-state index >= 15 is 0 Å². The van der Waals surface area contributed by atoms with Crippen LogP contribution in [0.2, 0.25) is 4.47 Å². The third-order valence-electron chi connectivity index (χ3n) is 3.49. The van der Waals surface area contributed by atoms with E-state index in [-0.39, 0.29) is 5.91 Å². The number of aromatic nitrogens is 1. The molecule has 0 aliphatic carbocycles. The summed E-state index contributed by atoms with van der Waals surface area (Å²) in [7, 11) is 0. The van der Waals surface area contributed by atoms with Crippen molar-refractivity contribution in [3.8, 4) is 0 Å². The molecule has 110 valence electrons. The van der Waals surface area contributed by atoms with Crippen molar-refractivity contribution >= 4 is 40.2 Å². The number of hydrogen-bond donors (Lipinski definition) is 1. The first-order valence-corrected chi connectivity index (χ1v) is 8.08. The van der Waals surface area contributed by atoms with E-state index in [1.807, 2.05) is 24.0 Å². The van der Waals surface area contributed by atoms with Gasteiger partial charge in [0.25, 0.3) is 0 Å². The van der Waals surface area contributed by atoms with Gasteiger partial charge >= 0.3 is 0 Å². The largest absolute Gasteiger partial charge is 0.378 e. The summed E-state index contributed by atoms with van der Waals surface area (Å²) < 4.78 is 0.547. The maximum absolute atomic E-state index is 12.0. The van der Waals surface area contributed by atoms with E-state index < -0.39 is 0 Å². The lowest BCUT2D eigenvalue weighted by atomic mass is 10.1.